The van der Waals surface area contributed by atoms with E-state index in [0.29, 0.717) is 15.8 Å². The average Bonchev–Trinajstić information content (AvgIpc) is 2.45. The average molecular weight is 310 g/mol. The van der Waals surface area contributed by atoms with Crippen LogP contribution in [0.5, 0.6) is 11.5 Å². The van der Waals surface area contributed by atoms with Gasteiger partial charge in [0.05, 0.1) is 10.0 Å². The first-order valence-electron chi connectivity index (χ1n) is 6.61. The largest absolute Gasteiger partial charge is 0.457 e. The molecular weight excluding hydrogens is 293 g/mol. The van der Waals surface area contributed by atoms with Crippen molar-refractivity contribution in [3.63, 3.8) is 0 Å². The van der Waals surface area contributed by atoms with E-state index in [1.807, 2.05) is 12.1 Å². The van der Waals surface area contributed by atoms with Crippen LogP contribution in [0, 0.1) is 0 Å². The standard InChI is InChI=1S/C16H17Cl2NO/c1-2-9-19-11-12-3-5-13(6-4-12)20-14-7-8-15(17)16(18)10-14/h3-8,10,19H,2,9,11H2,1H3. The first-order chi connectivity index (χ1) is 9.69. The summed E-state index contributed by atoms with van der Waals surface area (Å²) >= 11 is 11.8. The summed E-state index contributed by atoms with van der Waals surface area (Å²) in [5, 5.41) is 4.38. The monoisotopic (exact) mass is 309 g/mol. The zero-order valence-electron chi connectivity index (χ0n) is 11.3. The van der Waals surface area contributed by atoms with Gasteiger partial charge in [0, 0.05) is 12.6 Å². The minimum Gasteiger partial charge on any atom is -0.457 e. The molecule has 0 aliphatic rings. The molecule has 0 saturated heterocycles. The Morgan fingerprint density at radius 3 is 2.30 bits per heavy atom. The maximum absolute atomic E-state index is 5.96. The Labute approximate surface area is 129 Å². The Morgan fingerprint density at radius 2 is 1.65 bits per heavy atom. The number of benzene rings is 2. The van der Waals surface area contributed by atoms with Crippen molar-refractivity contribution >= 4 is 23.2 Å². The summed E-state index contributed by atoms with van der Waals surface area (Å²) < 4.78 is 5.73. The van der Waals surface area contributed by atoms with Crippen LogP contribution in [0.3, 0.4) is 0 Å². The molecule has 2 aromatic rings. The number of ether oxygens (including phenoxy) is 1. The highest BCUT2D eigenvalue weighted by Gasteiger charge is 2.02. The van der Waals surface area contributed by atoms with E-state index in [1.165, 1.54) is 5.56 Å². The van der Waals surface area contributed by atoms with Crippen molar-refractivity contribution in [3.05, 3.63) is 58.1 Å². The van der Waals surface area contributed by atoms with E-state index >= 15 is 0 Å². The van der Waals surface area contributed by atoms with E-state index in [1.54, 1.807) is 18.2 Å². The second kappa shape index (κ2) is 7.53. The van der Waals surface area contributed by atoms with Crippen molar-refractivity contribution < 1.29 is 4.74 Å². The molecule has 2 aromatic carbocycles. The third kappa shape index (κ3) is 4.41. The second-order valence-corrected chi connectivity index (χ2v) is 5.31. The Morgan fingerprint density at radius 1 is 0.950 bits per heavy atom. The lowest BCUT2D eigenvalue weighted by Crippen LogP contribution is -2.13. The van der Waals surface area contributed by atoms with Crippen LogP contribution < -0.4 is 10.1 Å². The molecule has 0 fully saturated rings. The van der Waals surface area contributed by atoms with Crippen LogP contribution in [0.1, 0.15) is 18.9 Å². The smallest absolute Gasteiger partial charge is 0.129 e. The molecule has 0 radical (unpaired) electrons. The van der Waals surface area contributed by atoms with Crippen molar-refractivity contribution in [1.82, 2.24) is 5.32 Å². The molecule has 20 heavy (non-hydrogen) atoms. The highest BCUT2D eigenvalue weighted by Crippen LogP contribution is 2.29. The van der Waals surface area contributed by atoms with Crippen molar-refractivity contribution in [2.45, 2.75) is 19.9 Å². The normalized spacial score (nSPS) is 10.6. The minimum absolute atomic E-state index is 0.490. The molecule has 0 unspecified atom stereocenters. The zero-order valence-corrected chi connectivity index (χ0v) is 12.8. The van der Waals surface area contributed by atoms with Crippen LogP contribution in [-0.2, 0) is 6.54 Å². The number of hydrogen-bond donors (Lipinski definition) is 1. The molecule has 1 N–H and O–H groups in total. The molecular formula is C16H17Cl2NO. The van der Waals surface area contributed by atoms with Gasteiger partial charge in [-0.25, -0.2) is 0 Å². The molecule has 0 bridgehead atoms. The van der Waals surface area contributed by atoms with Crippen LogP contribution in [0.4, 0.5) is 0 Å². The lowest BCUT2D eigenvalue weighted by Gasteiger charge is -2.08. The Kier molecular flexibility index (Phi) is 5.72. The minimum atomic E-state index is 0.490. The predicted molar refractivity (Wildman–Crippen MR) is 85.0 cm³/mol. The summed E-state index contributed by atoms with van der Waals surface area (Å²) in [4.78, 5) is 0. The molecule has 0 aromatic heterocycles. The SMILES string of the molecule is CCCNCc1ccc(Oc2ccc(Cl)c(Cl)c2)cc1. The number of halogens is 2. The van der Waals surface area contributed by atoms with Gasteiger partial charge in [-0.05, 0) is 42.8 Å². The van der Waals surface area contributed by atoms with Crippen molar-refractivity contribution in [2.75, 3.05) is 6.54 Å². The van der Waals surface area contributed by atoms with Gasteiger partial charge in [0.2, 0.25) is 0 Å². The summed E-state index contributed by atoms with van der Waals surface area (Å²) in [6.07, 6.45) is 1.14. The number of hydrogen-bond acceptors (Lipinski definition) is 2. The second-order valence-electron chi connectivity index (χ2n) is 4.50. The van der Waals surface area contributed by atoms with Gasteiger partial charge in [0.25, 0.3) is 0 Å². The highest BCUT2D eigenvalue weighted by atomic mass is 35.5. The van der Waals surface area contributed by atoms with Crippen LogP contribution in [0.25, 0.3) is 0 Å². The molecule has 0 atom stereocenters. The van der Waals surface area contributed by atoms with Crippen molar-refractivity contribution in [3.8, 4) is 11.5 Å². The third-order valence-electron chi connectivity index (χ3n) is 2.81. The van der Waals surface area contributed by atoms with Gasteiger partial charge in [-0.15, -0.1) is 0 Å². The molecule has 0 spiro atoms. The van der Waals surface area contributed by atoms with Crippen molar-refractivity contribution in [2.24, 2.45) is 0 Å². The van der Waals surface area contributed by atoms with Crippen molar-refractivity contribution in [1.29, 1.82) is 0 Å². The molecule has 2 rings (SSSR count). The van der Waals surface area contributed by atoms with E-state index in [2.05, 4.69) is 24.4 Å². The summed E-state index contributed by atoms with van der Waals surface area (Å²) in [5.41, 5.74) is 1.24. The molecule has 0 aliphatic carbocycles. The fourth-order valence-electron chi connectivity index (χ4n) is 1.76. The van der Waals surface area contributed by atoms with E-state index in [9.17, 15) is 0 Å². The van der Waals surface area contributed by atoms with E-state index < -0.39 is 0 Å². The lowest BCUT2D eigenvalue weighted by molar-refractivity contribution is 0.482. The van der Waals surface area contributed by atoms with Crippen LogP contribution >= 0.6 is 23.2 Å². The van der Waals surface area contributed by atoms with E-state index in [0.717, 1.165) is 25.3 Å². The van der Waals surface area contributed by atoms with Crippen LogP contribution in [0.2, 0.25) is 10.0 Å². The Hall–Kier alpha value is -1.22. The fraction of sp³-hybridized carbons (Fsp3) is 0.250. The van der Waals surface area contributed by atoms with Gasteiger partial charge >= 0.3 is 0 Å². The molecule has 0 saturated carbocycles. The highest BCUT2D eigenvalue weighted by molar-refractivity contribution is 6.42. The van der Waals surface area contributed by atoms with E-state index in [4.69, 9.17) is 27.9 Å². The van der Waals surface area contributed by atoms with Gasteiger partial charge in [0.15, 0.2) is 0 Å². The van der Waals surface area contributed by atoms with Gasteiger partial charge in [-0.1, -0.05) is 42.3 Å². The van der Waals surface area contributed by atoms with Gasteiger partial charge in [-0.3, -0.25) is 0 Å². The topological polar surface area (TPSA) is 21.3 Å². The van der Waals surface area contributed by atoms with Gasteiger partial charge in [-0.2, -0.15) is 0 Å². The van der Waals surface area contributed by atoms with Crippen LogP contribution in [0.15, 0.2) is 42.5 Å². The predicted octanol–water partition coefficient (Wildman–Crippen LogP) is 5.29. The van der Waals surface area contributed by atoms with E-state index in [-0.39, 0.29) is 0 Å². The fourth-order valence-corrected chi connectivity index (χ4v) is 2.05. The molecule has 0 amide bonds. The molecule has 4 heteroatoms. The summed E-state index contributed by atoms with van der Waals surface area (Å²) in [5.74, 6) is 1.46. The lowest BCUT2D eigenvalue weighted by atomic mass is 10.2. The molecule has 0 aliphatic heterocycles. The maximum atomic E-state index is 5.96. The number of nitrogens with one attached hydrogen (secondary N) is 1. The Bertz CT molecular complexity index is 555. The first-order valence-corrected chi connectivity index (χ1v) is 7.37. The summed E-state index contributed by atoms with van der Waals surface area (Å²) in [6.45, 7) is 4.06. The summed E-state index contributed by atoms with van der Waals surface area (Å²) in [6, 6.07) is 13.2. The quantitative estimate of drug-likeness (QED) is 0.732. The molecule has 0 heterocycles. The summed E-state index contributed by atoms with van der Waals surface area (Å²) in [7, 11) is 0. The maximum Gasteiger partial charge on any atom is 0.129 e. The van der Waals surface area contributed by atoms with Crippen LogP contribution in [-0.4, -0.2) is 6.54 Å². The zero-order chi connectivity index (χ0) is 14.4. The molecule has 106 valence electrons. The van der Waals surface area contributed by atoms with Gasteiger partial charge < -0.3 is 10.1 Å². The Balaban J connectivity index is 1.97. The first kappa shape index (κ1) is 15.2. The third-order valence-corrected chi connectivity index (χ3v) is 3.55. The van der Waals surface area contributed by atoms with Gasteiger partial charge in [0.1, 0.15) is 11.5 Å². The number of rotatable bonds is 6. The molecule has 2 nitrogen and oxygen atoms in total.